The maximum Gasteiger partial charge on any atom is 0.0424 e. The maximum absolute atomic E-state index is 5.41. The summed E-state index contributed by atoms with van der Waals surface area (Å²) in [5.74, 6) is 2.99. The second-order valence-corrected chi connectivity index (χ2v) is 3.68. The lowest BCUT2D eigenvalue weighted by atomic mass is 9.93. The zero-order valence-corrected chi connectivity index (χ0v) is 8.81. The predicted octanol–water partition coefficient (Wildman–Crippen LogP) is 3.35. The van der Waals surface area contributed by atoms with Crippen LogP contribution in [0.3, 0.4) is 0 Å². The first kappa shape index (κ1) is 9.86. The van der Waals surface area contributed by atoms with Crippen LogP contribution >= 0.6 is 0 Å². The summed E-state index contributed by atoms with van der Waals surface area (Å²) in [7, 11) is 0. The molecule has 68 valence electrons. The molecule has 0 heterocycles. The van der Waals surface area contributed by atoms with Crippen LogP contribution in [0.25, 0.3) is 0 Å². The number of hydrogen-bond acceptors (Lipinski definition) is 0. The summed E-state index contributed by atoms with van der Waals surface area (Å²) in [5.41, 5.74) is 5.24. The zero-order chi connectivity index (χ0) is 10.0. The van der Waals surface area contributed by atoms with Crippen LogP contribution in [-0.4, -0.2) is 0 Å². The zero-order valence-electron chi connectivity index (χ0n) is 8.81. The summed E-state index contributed by atoms with van der Waals surface area (Å²) in [5, 5.41) is 0. The van der Waals surface area contributed by atoms with Crippen molar-refractivity contribution in [3.8, 4) is 12.3 Å². The Labute approximate surface area is 81.0 Å². The van der Waals surface area contributed by atoms with E-state index < -0.39 is 0 Å². The van der Waals surface area contributed by atoms with Gasteiger partial charge >= 0.3 is 0 Å². The molecule has 0 saturated carbocycles. The van der Waals surface area contributed by atoms with Crippen molar-refractivity contribution in [2.75, 3.05) is 0 Å². The van der Waals surface area contributed by atoms with Crippen molar-refractivity contribution < 1.29 is 0 Å². The van der Waals surface area contributed by atoms with Crippen LogP contribution < -0.4 is 0 Å². The minimum absolute atomic E-state index is 0.222. The lowest BCUT2D eigenvalue weighted by molar-refractivity contribution is 0.980. The molecule has 1 atom stereocenters. The molecule has 0 bridgehead atoms. The molecule has 1 rings (SSSR count). The predicted molar refractivity (Wildman–Crippen MR) is 57.9 cm³/mol. The molecule has 0 radical (unpaired) electrons. The molecule has 0 N–H and O–H groups in total. The highest BCUT2D eigenvalue weighted by atomic mass is 14.1. The molecule has 0 nitrogen and oxygen atoms in total. The van der Waals surface area contributed by atoms with Gasteiger partial charge in [0.15, 0.2) is 0 Å². The Kier molecular flexibility index (Phi) is 2.78. The molecule has 0 aliphatic heterocycles. The summed E-state index contributed by atoms with van der Waals surface area (Å²) in [6.07, 6.45) is 5.41. The number of hydrogen-bond donors (Lipinski definition) is 0. The van der Waals surface area contributed by atoms with E-state index >= 15 is 0 Å². The van der Waals surface area contributed by atoms with Gasteiger partial charge in [-0.05, 0) is 49.9 Å². The van der Waals surface area contributed by atoms with E-state index in [0.717, 1.165) is 0 Å². The molecule has 13 heavy (non-hydrogen) atoms. The Morgan fingerprint density at radius 2 is 1.62 bits per heavy atom. The van der Waals surface area contributed by atoms with E-state index in [2.05, 4.69) is 45.7 Å². The Balaban J connectivity index is 3.25. The van der Waals surface area contributed by atoms with Gasteiger partial charge in [0.2, 0.25) is 0 Å². The molecule has 0 aliphatic carbocycles. The van der Waals surface area contributed by atoms with E-state index in [1.54, 1.807) is 0 Å². The standard InChI is InChI=1S/C13H16/c1-6-9(2)13-8-11(4)10(3)7-12(13)5/h1,7-9H,2-5H3. The fourth-order valence-corrected chi connectivity index (χ4v) is 1.54. The van der Waals surface area contributed by atoms with Gasteiger partial charge < -0.3 is 0 Å². The molecule has 0 fully saturated rings. The van der Waals surface area contributed by atoms with Crippen molar-refractivity contribution >= 4 is 0 Å². The fourth-order valence-electron chi connectivity index (χ4n) is 1.54. The number of rotatable bonds is 1. The minimum Gasteiger partial charge on any atom is -0.119 e. The van der Waals surface area contributed by atoms with Gasteiger partial charge in [-0.15, -0.1) is 6.42 Å². The topological polar surface area (TPSA) is 0 Å². The summed E-state index contributed by atoms with van der Waals surface area (Å²) < 4.78 is 0. The third-order valence-corrected chi connectivity index (χ3v) is 2.60. The fraction of sp³-hybridized carbons (Fsp3) is 0.385. The largest absolute Gasteiger partial charge is 0.119 e. The van der Waals surface area contributed by atoms with Gasteiger partial charge in [0, 0.05) is 5.92 Å². The minimum atomic E-state index is 0.222. The van der Waals surface area contributed by atoms with Crippen LogP contribution in [0.4, 0.5) is 0 Å². The number of benzene rings is 1. The van der Waals surface area contributed by atoms with Crippen molar-refractivity contribution in [1.82, 2.24) is 0 Å². The molecule has 0 spiro atoms. The summed E-state index contributed by atoms with van der Waals surface area (Å²) in [6.45, 7) is 8.45. The quantitative estimate of drug-likeness (QED) is 0.570. The van der Waals surface area contributed by atoms with Gasteiger partial charge in [-0.1, -0.05) is 18.1 Å². The lowest BCUT2D eigenvalue weighted by Gasteiger charge is -2.11. The van der Waals surface area contributed by atoms with E-state index in [1.807, 2.05) is 0 Å². The molecular weight excluding hydrogens is 156 g/mol. The van der Waals surface area contributed by atoms with Gasteiger partial charge in [0.1, 0.15) is 0 Å². The van der Waals surface area contributed by atoms with E-state index in [0.29, 0.717) is 0 Å². The smallest absolute Gasteiger partial charge is 0.0424 e. The van der Waals surface area contributed by atoms with Crippen LogP contribution in [0.1, 0.15) is 35.1 Å². The first-order valence-corrected chi connectivity index (χ1v) is 4.60. The lowest BCUT2D eigenvalue weighted by Crippen LogP contribution is -1.96. The van der Waals surface area contributed by atoms with Crippen molar-refractivity contribution in [3.05, 3.63) is 34.4 Å². The Hall–Kier alpha value is -1.22. The van der Waals surface area contributed by atoms with Crippen molar-refractivity contribution in [2.24, 2.45) is 0 Å². The first-order valence-electron chi connectivity index (χ1n) is 4.60. The number of terminal acetylenes is 1. The SMILES string of the molecule is C#CC(C)c1cc(C)c(C)cc1C. The van der Waals surface area contributed by atoms with Crippen LogP contribution in [0, 0.1) is 33.1 Å². The van der Waals surface area contributed by atoms with Crippen LogP contribution in [0.5, 0.6) is 0 Å². The molecule has 1 unspecified atom stereocenters. The molecule has 0 heteroatoms. The van der Waals surface area contributed by atoms with E-state index in [-0.39, 0.29) is 5.92 Å². The average molecular weight is 172 g/mol. The van der Waals surface area contributed by atoms with E-state index in [1.165, 1.54) is 22.3 Å². The maximum atomic E-state index is 5.41. The van der Waals surface area contributed by atoms with Crippen molar-refractivity contribution in [2.45, 2.75) is 33.6 Å². The third-order valence-electron chi connectivity index (χ3n) is 2.60. The highest BCUT2D eigenvalue weighted by molar-refractivity contribution is 5.40. The average Bonchev–Trinajstić information content (AvgIpc) is 2.10. The summed E-state index contributed by atoms with van der Waals surface area (Å²) in [4.78, 5) is 0. The first-order chi connectivity index (χ1) is 6.06. The Bertz CT molecular complexity index is 353. The van der Waals surface area contributed by atoms with Gasteiger partial charge in [-0.2, -0.15) is 0 Å². The van der Waals surface area contributed by atoms with E-state index in [9.17, 15) is 0 Å². The van der Waals surface area contributed by atoms with Crippen LogP contribution in [0.2, 0.25) is 0 Å². The van der Waals surface area contributed by atoms with Crippen LogP contribution in [0.15, 0.2) is 12.1 Å². The van der Waals surface area contributed by atoms with Gasteiger partial charge in [-0.25, -0.2) is 0 Å². The second-order valence-electron chi connectivity index (χ2n) is 3.68. The van der Waals surface area contributed by atoms with Crippen molar-refractivity contribution in [3.63, 3.8) is 0 Å². The normalized spacial score (nSPS) is 12.2. The Morgan fingerprint density at radius 3 is 2.15 bits per heavy atom. The second kappa shape index (κ2) is 3.66. The third kappa shape index (κ3) is 1.92. The monoisotopic (exact) mass is 172 g/mol. The molecule has 0 aromatic heterocycles. The van der Waals surface area contributed by atoms with Gasteiger partial charge in [-0.3, -0.25) is 0 Å². The van der Waals surface area contributed by atoms with Crippen molar-refractivity contribution in [1.29, 1.82) is 0 Å². The molecule has 1 aromatic carbocycles. The van der Waals surface area contributed by atoms with Crippen LogP contribution in [-0.2, 0) is 0 Å². The summed E-state index contributed by atoms with van der Waals surface area (Å²) >= 11 is 0. The highest BCUT2D eigenvalue weighted by Gasteiger charge is 2.06. The molecular formula is C13H16. The summed E-state index contributed by atoms with van der Waals surface area (Å²) in [6, 6.07) is 4.41. The van der Waals surface area contributed by atoms with E-state index in [4.69, 9.17) is 6.42 Å². The molecule has 0 saturated heterocycles. The number of aryl methyl sites for hydroxylation is 3. The Morgan fingerprint density at radius 1 is 1.08 bits per heavy atom. The highest BCUT2D eigenvalue weighted by Crippen LogP contribution is 2.22. The molecule has 0 amide bonds. The van der Waals surface area contributed by atoms with Gasteiger partial charge in [0.25, 0.3) is 0 Å². The van der Waals surface area contributed by atoms with Gasteiger partial charge in [0.05, 0.1) is 0 Å². The molecule has 0 aliphatic rings. The molecule has 1 aromatic rings.